The summed E-state index contributed by atoms with van der Waals surface area (Å²) in [5, 5.41) is 0. The first-order chi connectivity index (χ1) is 22.8. The number of hydrogen-bond donors (Lipinski definition) is 0. The van der Waals surface area contributed by atoms with Crippen LogP contribution >= 0.6 is 0 Å². The third-order valence-corrected chi connectivity index (χ3v) is 6.15. The highest BCUT2D eigenvalue weighted by Gasteiger charge is 2.34. The van der Waals surface area contributed by atoms with Crippen molar-refractivity contribution in [3.8, 4) is 0 Å². The van der Waals surface area contributed by atoms with Gasteiger partial charge in [-0.1, -0.05) is 18.7 Å². The Kier molecular flexibility index (Phi) is 24.8. The fourth-order valence-corrected chi connectivity index (χ4v) is 3.87. The number of fused-ring (bicyclic) bond motifs is 1. The van der Waals surface area contributed by atoms with E-state index in [0.29, 0.717) is 143 Å². The average molecular weight is 658 g/mol. The minimum Gasteiger partial charge on any atom is -0.499 e. The number of rotatable bonds is 34. The molecule has 14 nitrogen and oxygen atoms in total. The molecule has 0 N–H and O–H groups in total. The lowest BCUT2D eigenvalue weighted by Gasteiger charge is -2.13. The van der Waals surface area contributed by atoms with Crippen LogP contribution in [0.3, 0.4) is 0 Å². The normalized spacial score (nSPS) is 12.7. The zero-order chi connectivity index (χ0) is 32.8. The van der Waals surface area contributed by atoms with Crippen molar-refractivity contribution in [2.24, 2.45) is 0 Å². The molecule has 0 bridgehead atoms. The van der Waals surface area contributed by atoms with E-state index in [1.165, 1.54) is 11.2 Å². The van der Waals surface area contributed by atoms with E-state index in [4.69, 9.17) is 52.1 Å². The van der Waals surface area contributed by atoms with Gasteiger partial charge < -0.3 is 52.1 Å². The van der Waals surface area contributed by atoms with E-state index in [0.717, 1.165) is 0 Å². The standard InChI is InChI=1S/C32H51NO13/c1-2-36-9-10-38-13-14-40-17-18-42-21-22-44-25-26-46-28-27-45-24-23-43-20-19-41-16-15-39-12-11-37-8-7-33-31(34)29-5-3-4-6-30(29)32(33)35/h2-6H,1,7-28H2. The molecule has 1 heterocycles. The summed E-state index contributed by atoms with van der Waals surface area (Å²) in [5.41, 5.74) is 0.883. The summed E-state index contributed by atoms with van der Waals surface area (Å²) < 4.78 is 59.3. The predicted molar refractivity (Wildman–Crippen MR) is 166 cm³/mol. The Morgan fingerprint density at radius 2 is 0.696 bits per heavy atom. The molecule has 0 spiro atoms. The number of imide groups is 1. The van der Waals surface area contributed by atoms with Crippen molar-refractivity contribution in [3.05, 3.63) is 48.2 Å². The van der Waals surface area contributed by atoms with Crippen LogP contribution in [0.1, 0.15) is 20.7 Å². The van der Waals surface area contributed by atoms with Crippen molar-refractivity contribution in [2.75, 3.05) is 145 Å². The second kappa shape index (κ2) is 28.7. The first-order valence-corrected chi connectivity index (χ1v) is 15.7. The molecule has 14 heteroatoms. The van der Waals surface area contributed by atoms with Gasteiger partial charge in [0.25, 0.3) is 11.8 Å². The Morgan fingerprint density at radius 1 is 0.435 bits per heavy atom. The first-order valence-electron chi connectivity index (χ1n) is 15.7. The molecule has 0 unspecified atom stereocenters. The van der Waals surface area contributed by atoms with Crippen LogP contribution < -0.4 is 0 Å². The van der Waals surface area contributed by atoms with Gasteiger partial charge in [0.05, 0.1) is 156 Å². The Balaban J connectivity index is 1.18. The van der Waals surface area contributed by atoms with Crippen molar-refractivity contribution < 1.29 is 61.7 Å². The minimum absolute atomic E-state index is 0.214. The van der Waals surface area contributed by atoms with E-state index in [1.807, 2.05) is 0 Å². The van der Waals surface area contributed by atoms with Crippen LogP contribution in [0.2, 0.25) is 0 Å². The lowest BCUT2D eigenvalue weighted by molar-refractivity contribution is -0.0269. The highest BCUT2D eigenvalue weighted by atomic mass is 16.6. The van der Waals surface area contributed by atoms with Gasteiger partial charge in [-0.05, 0) is 12.1 Å². The van der Waals surface area contributed by atoms with Gasteiger partial charge in [-0.2, -0.15) is 0 Å². The van der Waals surface area contributed by atoms with Crippen LogP contribution in [-0.4, -0.2) is 162 Å². The maximum atomic E-state index is 12.3. The Labute approximate surface area is 272 Å². The maximum absolute atomic E-state index is 12.3. The fraction of sp³-hybridized carbons (Fsp3) is 0.688. The van der Waals surface area contributed by atoms with Crippen LogP contribution in [0.15, 0.2) is 37.1 Å². The second-order valence-corrected chi connectivity index (χ2v) is 9.47. The van der Waals surface area contributed by atoms with Crippen LogP contribution in [0.4, 0.5) is 0 Å². The van der Waals surface area contributed by atoms with Crippen molar-refractivity contribution in [3.63, 3.8) is 0 Å². The molecule has 1 aromatic rings. The SMILES string of the molecule is C=COCCOCCOCCOCCOCCOCCOCCOCCOCCOCCOCCN1C(=O)c2ccccc2C1=O. The molecule has 2 amide bonds. The molecule has 1 aromatic carbocycles. The van der Waals surface area contributed by atoms with Crippen LogP contribution in [-0.2, 0) is 52.1 Å². The molecule has 0 fully saturated rings. The Bertz CT molecular complexity index is 885. The zero-order valence-electron chi connectivity index (χ0n) is 26.9. The molecule has 46 heavy (non-hydrogen) atoms. The maximum Gasteiger partial charge on any atom is 0.261 e. The van der Waals surface area contributed by atoms with E-state index >= 15 is 0 Å². The topological polar surface area (TPSA) is 139 Å². The van der Waals surface area contributed by atoms with Gasteiger partial charge in [-0.15, -0.1) is 0 Å². The van der Waals surface area contributed by atoms with Gasteiger partial charge in [-0.25, -0.2) is 0 Å². The van der Waals surface area contributed by atoms with E-state index in [-0.39, 0.29) is 25.0 Å². The summed E-state index contributed by atoms with van der Waals surface area (Å²) >= 11 is 0. The highest BCUT2D eigenvalue weighted by molar-refractivity contribution is 6.21. The second-order valence-electron chi connectivity index (χ2n) is 9.47. The first kappa shape index (κ1) is 39.7. The molecule has 0 saturated carbocycles. The number of carbonyl (C=O) groups excluding carboxylic acids is 2. The Morgan fingerprint density at radius 3 is 0.978 bits per heavy atom. The van der Waals surface area contributed by atoms with Gasteiger partial charge in [0.1, 0.15) is 6.61 Å². The monoisotopic (exact) mass is 657 g/mol. The van der Waals surface area contributed by atoms with E-state index in [2.05, 4.69) is 6.58 Å². The number of benzene rings is 1. The third-order valence-electron chi connectivity index (χ3n) is 6.15. The van der Waals surface area contributed by atoms with Crippen molar-refractivity contribution in [1.29, 1.82) is 0 Å². The minimum atomic E-state index is -0.278. The van der Waals surface area contributed by atoms with Gasteiger partial charge >= 0.3 is 0 Å². The summed E-state index contributed by atoms with van der Waals surface area (Å²) in [6, 6.07) is 6.81. The van der Waals surface area contributed by atoms with Crippen LogP contribution in [0, 0.1) is 0 Å². The number of amides is 2. The lowest BCUT2D eigenvalue weighted by atomic mass is 10.1. The van der Waals surface area contributed by atoms with Gasteiger partial charge in [0.2, 0.25) is 0 Å². The van der Waals surface area contributed by atoms with Gasteiger partial charge in [0.15, 0.2) is 0 Å². The molecule has 0 aromatic heterocycles. The zero-order valence-corrected chi connectivity index (χ0v) is 26.9. The summed E-state index contributed by atoms with van der Waals surface area (Å²) in [5.74, 6) is -0.556. The van der Waals surface area contributed by atoms with Crippen molar-refractivity contribution in [2.45, 2.75) is 0 Å². The summed E-state index contributed by atoms with van der Waals surface area (Å²) in [6.45, 7) is 13.5. The van der Waals surface area contributed by atoms with Crippen molar-refractivity contribution in [1.82, 2.24) is 4.90 Å². The third kappa shape index (κ3) is 19.2. The Hall–Kier alpha value is -2.50. The predicted octanol–water partition coefficient (Wildman–Crippen LogP) is 1.61. The van der Waals surface area contributed by atoms with E-state index < -0.39 is 0 Å². The molecule has 0 atom stereocenters. The molecule has 262 valence electrons. The molecular formula is C32H51NO13. The quantitative estimate of drug-likeness (QED) is 0.0603. The molecule has 0 radical (unpaired) electrons. The molecular weight excluding hydrogens is 606 g/mol. The highest BCUT2D eigenvalue weighted by Crippen LogP contribution is 2.21. The van der Waals surface area contributed by atoms with Crippen molar-refractivity contribution >= 4 is 11.8 Å². The molecule has 1 aliphatic rings. The summed E-state index contributed by atoms with van der Waals surface area (Å²) in [6.07, 6.45) is 1.39. The van der Waals surface area contributed by atoms with E-state index in [9.17, 15) is 9.59 Å². The van der Waals surface area contributed by atoms with E-state index in [1.54, 1.807) is 24.3 Å². The smallest absolute Gasteiger partial charge is 0.261 e. The van der Waals surface area contributed by atoms with Crippen LogP contribution in [0.5, 0.6) is 0 Å². The van der Waals surface area contributed by atoms with Gasteiger partial charge in [0, 0.05) is 0 Å². The summed E-state index contributed by atoms with van der Waals surface area (Å²) in [7, 11) is 0. The largest absolute Gasteiger partial charge is 0.499 e. The molecule has 0 saturated heterocycles. The van der Waals surface area contributed by atoms with Gasteiger partial charge in [-0.3, -0.25) is 14.5 Å². The fourth-order valence-electron chi connectivity index (χ4n) is 3.87. The summed E-state index contributed by atoms with van der Waals surface area (Å²) in [4.78, 5) is 25.8. The number of nitrogens with zero attached hydrogens (tertiary/aromatic N) is 1. The molecule has 1 aliphatic heterocycles. The molecule has 0 aliphatic carbocycles. The average Bonchev–Trinajstić information content (AvgIpc) is 3.31. The molecule has 2 rings (SSSR count). The number of hydrogen-bond acceptors (Lipinski definition) is 13. The van der Waals surface area contributed by atoms with Crippen LogP contribution in [0.25, 0.3) is 0 Å². The lowest BCUT2D eigenvalue weighted by Crippen LogP contribution is -2.33. The number of carbonyl (C=O) groups is 2. The number of ether oxygens (including phenoxy) is 11.